The number of sulfonamides is 1. The fraction of sp³-hybridized carbons (Fsp3) is 0.440. The summed E-state index contributed by atoms with van der Waals surface area (Å²) in [5, 5.41) is 0. The molecule has 2 aromatic carbocycles. The highest BCUT2D eigenvalue weighted by molar-refractivity contribution is 7.89. The van der Waals surface area contributed by atoms with Gasteiger partial charge in [-0.15, -0.1) is 0 Å². The average molecular weight is 426 g/mol. The fourth-order valence-corrected chi connectivity index (χ4v) is 5.91. The molecule has 2 aliphatic carbocycles. The maximum absolute atomic E-state index is 13.5. The molecule has 5 heteroatoms. The van der Waals surface area contributed by atoms with Crippen molar-refractivity contribution in [3.05, 3.63) is 71.4 Å². The normalized spacial score (nSPS) is 20.5. The lowest BCUT2D eigenvalue weighted by molar-refractivity contribution is -0.0172. The van der Waals surface area contributed by atoms with Crippen molar-refractivity contribution in [2.24, 2.45) is 0 Å². The van der Waals surface area contributed by atoms with Gasteiger partial charge in [-0.2, -0.15) is 0 Å². The van der Waals surface area contributed by atoms with Crippen molar-refractivity contribution < 1.29 is 13.2 Å². The Morgan fingerprint density at radius 3 is 2.23 bits per heavy atom. The molecule has 0 radical (unpaired) electrons. The van der Waals surface area contributed by atoms with Gasteiger partial charge in [0.15, 0.2) is 0 Å². The standard InChI is InChI=1S/C25H31NO3S/c1-19-13-15-22(16-14-19)30(27,28)26(2)25-23(20-9-5-3-6-10-20)17-18-24(25)29-21-11-7-4-8-12-21/h3,5-6,9-10,13-16,21,24H,4,7-8,11-12,17-18H2,1-2H3/t24-/m0/s1. The summed E-state index contributed by atoms with van der Waals surface area (Å²) in [7, 11) is -1.98. The molecular weight excluding hydrogens is 394 g/mol. The Hall–Kier alpha value is -2.11. The van der Waals surface area contributed by atoms with Gasteiger partial charge in [0.25, 0.3) is 10.0 Å². The van der Waals surface area contributed by atoms with Crippen molar-refractivity contribution in [2.45, 2.75) is 69.0 Å². The van der Waals surface area contributed by atoms with E-state index in [0.717, 1.165) is 48.1 Å². The van der Waals surface area contributed by atoms with Crippen LogP contribution >= 0.6 is 0 Å². The van der Waals surface area contributed by atoms with E-state index in [9.17, 15) is 8.42 Å². The maximum Gasteiger partial charge on any atom is 0.263 e. The van der Waals surface area contributed by atoms with Gasteiger partial charge in [0.1, 0.15) is 0 Å². The molecule has 4 nitrogen and oxygen atoms in total. The Labute approximate surface area is 180 Å². The molecule has 0 bridgehead atoms. The van der Waals surface area contributed by atoms with Crippen LogP contribution < -0.4 is 0 Å². The highest BCUT2D eigenvalue weighted by Gasteiger charge is 2.36. The SMILES string of the molecule is Cc1ccc(S(=O)(=O)N(C)C2=C(c3ccccc3)CC[C@@H]2OC2CCCCC2)cc1. The van der Waals surface area contributed by atoms with Gasteiger partial charge in [0.2, 0.25) is 0 Å². The van der Waals surface area contributed by atoms with Crippen LogP contribution in [-0.2, 0) is 14.8 Å². The van der Waals surface area contributed by atoms with Crippen LogP contribution in [0.4, 0.5) is 0 Å². The van der Waals surface area contributed by atoms with Gasteiger partial charge in [-0.05, 0) is 55.9 Å². The van der Waals surface area contributed by atoms with Crippen LogP contribution in [0.1, 0.15) is 56.1 Å². The summed E-state index contributed by atoms with van der Waals surface area (Å²) in [4.78, 5) is 0.318. The number of rotatable bonds is 6. The number of benzene rings is 2. The molecule has 1 atom stereocenters. The molecule has 0 heterocycles. The third kappa shape index (κ3) is 4.33. The summed E-state index contributed by atoms with van der Waals surface area (Å²) in [5.41, 5.74) is 4.00. The van der Waals surface area contributed by atoms with Crippen LogP contribution in [0.15, 0.2) is 65.2 Å². The largest absolute Gasteiger partial charge is 0.369 e. The number of aryl methyl sites for hydroxylation is 1. The van der Waals surface area contributed by atoms with Crippen molar-refractivity contribution in [2.75, 3.05) is 7.05 Å². The van der Waals surface area contributed by atoms with Crippen molar-refractivity contribution in [3.8, 4) is 0 Å². The fourth-order valence-electron chi connectivity index (χ4n) is 4.62. The van der Waals surface area contributed by atoms with Crippen molar-refractivity contribution in [1.29, 1.82) is 0 Å². The molecule has 1 saturated carbocycles. The van der Waals surface area contributed by atoms with E-state index in [1.807, 2.05) is 37.3 Å². The summed E-state index contributed by atoms with van der Waals surface area (Å²) in [6.45, 7) is 1.96. The first kappa shape index (κ1) is 21.1. The summed E-state index contributed by atoms with van der Waals surface area (Å²) in [6.07, 6.45) is 7.48. The number of hydrogen-bond acceptors (Lipinski definition) is 3. The molecule has 0 aromatic heterocycles. The zero-order valence-electron chi connectivity index (χ0n) is 17.9. The van der Waals surface area contributed by atoms with E-state index in [-0.39, 0.29) is 12.2 Å². The highest BCUT2D eigenvalue weighted by Crippen LogP contribution is 2.40. The van der Waals surface area contributed by atoms with Gasteiger partial charge in [-0.25, -0.2) is 8.42 Å². The molecule has 2 aromatic rings. The van der Waals surface area contributed by atoms with Crippen molar-refractivity contribution in [3.63, 3.8) is 0 Å². The van der Waals surface area contributed by atoms with Crippen LogP contribution in [0.25, 0.3) is 5.57 Å². The van der Waals surface area contributed by atoms with Gasteiger partial charge < -0.3 is 4.74 Å². The number of likely N-dealkylation sites (N-methyl/N-ethyl adjacent to an activating group) is 1. The second kappa shape index (κ2) is 8.94. The average Bonchev–Trinajstić information content (AvgIpc) is 3.18. The van der Waals surface area contributed by atoms with E-state index in [4.69, 9.17) is 4.74 Å². The molecule has 2 aliphatic rings. The molecule has 0 aliphatic heterocycles. The van der Waals surface area contributed by atoms with E-state index in [0.29, 0.717) is 4.90 Å². The van der Waals surface area contributed by atoms with Crippen LogP contribution in [0.2, 0.25) is 0 Å². The summed E-state index contributed by atoms with van der Waals surface area (Å²) < 4.78 is 35.0. The monoisotopic (exact) mass is 425 g/mol. The van der Waals surface area contributed by atoms with Gasteiger partial charge in [0.05, 0.1) is 22.8 Å². The second-order valence-corrected chi connectivity index (χ2v) is 10.4. The first-order valence-corrected chi connectivity index (χ1v) is 12.4. The van der Waals surface area contributed by atoms with Crippen molar-refractivity contribution in [1.82, 2.24) is 4.31 Å². The first-order chi connectivity index (χ1) is 14.5. The van der Waals surface area contributed by atoms with Crippen LogP contribution in [0.3, 0.4) is 0 Å². The minimum Gasteiger partial charge on any atom is -0.369 e. The lowest BCUT2D eigenvalue weighted by atomic mass is 9.97. The molecule has 1 fully saturated rings. The Morgan fingerprint density at radius 2 is 1.57 bits per heavy atom. The molecule has 160 valence electrons. The van der Waals surface area contributed by atoms with E-state index in [2.05, 4.69) is 12.1 Å². The highest BCUT2D eigenvalue weighted by atomic mass is 32.2. The van der Waals surface area contributed by atoms with Crippen LogP contribution in [0.5, 0.6) is 0 Å². The zero-order chi connectivity index (χ0) is 21.1. The quantitative estimate of drug-likeness (QED) is 0.611. The zero-order valence-corrected chi connectivity index (χ0v) is 18.7. The van der Waals surface area contributed by atoms with Crippen LogP contribution in [0, 0.1) is 6.92 Å². The van der Waals surface area contributed by atoms with Gasteiger partial charge in [-0.1, -0.05) is 67.3 Å². The Bertz CT molecular complexity index is 990. The summed E-state index contributed by atoms with van der Waals surface area (Å²) in [6, 6.07) is 17.2. The smallest absolute Gasteiger partial charge is 0.263 e. The lowest BCUT2D eigenvalue weighted by Crippen LogP contribution is -2.34. The summed E-state index contributed by atoms with van der Waals surface area (Å²) >= 11 is 0. The van der Waals surface area contributed by atoms with Crippen LogP contribution in [-0.4, -0.2) is 32.0 Å². The molecule has 0 unspecified atom stereocenters. The Kier molecular flexibility index (Phi) is 6.30. The van der Waals surface area contributed by atoms with Crippen molar-refractivity contribution >= 4 is 15.6 Å². The lowest BCUT2D eigenvalue weighted by Gasteiger charge is -2.31. The number of allylic oxidation sites excluding steroid dienone is 1. The minimum atomic E-state index is -3.66. The van der Waals surface area contributed by atoms with Gasteiger partial charge in [-0.3, -0.25) is 4.31 Å². The first-order valence-electron chi connectivity index (χ1n) is 11.0. The number of ether oxygens (including phenoxy) is 1. The maximum atomic E-state index is 13.5. The summed E-state index contributed by atoms with van der Waals surface area (Å²) in [5.74, 6) is 0. The molecule has 0 amide bonds. The Balaban J connectivity index is 1.71. The predicted molar refractivity (Wildman–Crippen MR) is 120 cm³/mol. The Morgan fingerprint density at radius 1 is 0.900 bits per heavy atom. The molecule has 0 spiro atoms. The molecule has 4 rings (SSSR count). The predicted octanol–water partition coefficient (Wildman–Crippen LogP) is 5.54. The molecule has 30 heavy (non-hydrogen) atoms. The number of nitrogens with zero attached hydrogens (tertiary/aromatic N) is 1. The third-order valence-corrected chi connectivity index (χ3v) is 8.11. The van der Waals surface area contributed by atoms with E-state index >= 15 is 0 Å². The van der Waals surface area contributed by atoms with E-state index in [1.165, 1.54) is 23.6 Å². The van der Waals surface area contributed by atoms with E-state index < -0.39 is 10.0 Å². The molecular formula is C25H31NO3S. The number of hydrogen-bond donors (Lipinski definition) is 0. The molecule has 0 saturated heterocycles. The third-order valence-electron chi connectivity index (χ3n) is 6.32. The topological polar surface area (TPSA) is 46.6 Å². The minimum absolute atomic E-state index is 0.187. The second-order valence-electron chi connectivity index (χ2n) is 8.44. The van der Waals surface area contributed by atoms with Gasteiger partial charge >= 0.3 is 0 Å². The molecule has 0 N–H and O–H groups in total. The van der Waals surface area contributed by atoms with E-state index in [1.54, 1.807) is 19.2 Å². The van der Waals surface area contributed by atoms with Gasteiger partial charge in [0, 0.05) is 7.05 Å².